The van der Waals surface area contributed by atoms with Crippen molar-refractivity contribution >= 4 is 23.4 Å². The molecule has 200 valence electrons. The number of nitrogens with one attached hydrogen (secondary N) is 1. The second kappa shape index (κ2) is 13.0. The molecule has 1 aliphatic carbocycles. The Bertz CT molecular complexity index is 1230. The van der Waals surface area contributed by atoms with Gasteiger partial charge in [-0.1, -0.05) is 79.0 Å². The third-order valence-electron chi connectivity index (χ3n) is 7.35. The summed E-state index contributed by atoms with van der Waals surface area (Å²) in [5.74, 6) is 0.241. The smallest absolute Gasteiger partial charge is 0.261 e. The highest BCUT2D eigenvalue weighted by Crippen LogP contribution is 2.26. The molecule has 3 aromatic rings. The van der Waals surface area contributed by atoms with Crippen LogP contribution in [0.3, 0.4) is 0 Å². The van der Waals surface area contributed by atoms with Crippen molar-refractivity contribution in [2.24, 2.45) is 0 Å². The Kier molecular flexibility index (Phi) is 9.46. The first-order chi connectivity index (χ1) is 18.3. The van der Waals surface area contributed by atoms with Gasteiger partial charge in [0, 0.05) is 24.0 Å². The van der Waals surface area contributed by atoms with Gasteiger partial charge in [-0.15, -0.1) is 0 Å². The molecule has 6 heteroatoms. The molecule has 0 bridgehead atoms. The summed E-state index contributed by atoms with van der Waals surface area (Å²) in [6.07, 6.45) is 4.62. The Morgan fingerprint density at radius 2 is 1.58 bits per heavy atom. The van der Waals surface area contributed by atoms with Crippen molar-refractivity contribution < 1.29 is 14.3 Å². The van der Waals surface area contributed by atoms with Crippen LogP contribution in [0.25, 0.3) is 0 Å². The Morgan fingerprint density at radius 3 is 2.24 bits per heavy atom. The molecule has 1 saturated carbocycles. The Hall–Kier alpha value is -3.31. The second-order valence-electron chi connectivity index (χ2n) is 10.3. The van der Waals surface area contributed by atoms with Crippen molar-refractivity contribution in [1.29, 1.82) is 0 Å². The number of amides is 2. The van der Waals surface area contributed by atoms with E-state index < -0.39 is 6.04 Å². The van der Waals surface area contributed by atoms with Crippen LogP contribution >= 0.6 is 11.6 Å². The number of ether oxygens (including phenoxy) is 1. The highest BCUT2D eigenvalue weighted by Gasteiger charge is 2.32. The van der Waals surface area contributed by atoms with Gasteiger partial charge in [-0.25, -0.2) is 0 Å². The van der Waals surface area contributed by atoms with E-state index >= 15 is 0 Å². The standard InChI is InChI=1S/C32H37ClN2O3/c1-22-11-7-8-14-26(22)20-35(30(36)21-38-28-17-23(2)31(33)24(3)18-28)29(19-25-12-5-4-6-13-25)32(37)34-27-15-9-10-16-27/h4-8,11-14,17-18,27,29H,9-10,15-16,19-21H2,1-3H3,(H,34,37). The van der Waals surface area contributed by atoms with E-state index in [9.17, 15) is 9.59 Å². The number of hydrogen-bond acceptors (Lipinski definition) is 3. The maximum Gasteiger partial charge on any atom is 0.261 e. The van der Waals surface area contributed by atoms with Crippen LogP contribution in [0, 0.1) is 20.8 Å². The fourth-order valence-electron chi connectivity index (χ4n) is 5.11. The lowest BCUT2D eigenvalue weighted by atomic mass is 10.0. The minimum atomic E-state index is -0.664. The van der Waals surface area contributed by atoms with Crippen molar-refractivity contribution in [3.8, 4) is 5.75 Å². The molecule has 1 atom stereocenters. The fraction of sp³-hybridized carbons (Fsp3) is 0.375. The molecule has 3 aromatic carbocycles. The van der Waals surface area contributed by atoms with E-state index in [1.165, 1.54) is 0 Å². The second-order valence-corrected chi connectivity index (χ2v) is 10.7. The van der Waals surface area contributed by atoms with Crippen LogP contribution < -0.4 is 10.1 Å². The van der Waals surface area contributed by atoms with Crippen LogP contribution in [0.1, 0.15) is 53.5 Å². The molecule has 4 rings (SSSR count). The number of aryl methyl sites for hydroxylation is 3. The number of nitrogens with zero attached hydrogens (tertiary/aromatic N) is 1. The maximum atomic E-state index is 13.8. The lowest BCUT2D eigenvalue weighted by molar-refractivity contribution is -0.143. The van der Waals surface area contributed by atoms with Gasteiger partial charge in [0.25, 0.3) is 5.91 Å². The first kappa shape index (κ1) is 27.7. The average molecular weight is 533 g/mol. The summed E-state index contributed by atoms with van der Waals surface area (Å²) in [7, 11) is 0. The Morgan fingerprint density at radius 1 is 0.947 bits per heavy atom. The van der Waals surface area contributed by atoms with Crippen LogP contribution in [0.4, 0.5) is 0 Å². The minimum Gasteiger partial charge on any atom is -0.484 e. The predicted molar refractivity (Wildman–Crippen MR) is 152 cm³/mol. The zero-order valence-corrected chi connectivity index (χ0v) is 23.3. The van der Waals surface area contributed by atoms with Crippen molar-refractivity contribution in [3.05, 3.63) is 99.6 Å². The molecule has 5 nitrogen and oxygen atoms in total. The molecule has 0 radical (unpaired) electrons. The molecule has 38 heavy (non-hydrogen) atoms. The molecule has 1 aliphatic rings. The highest BCUT2D eigenvalue weighted by molar-refractivity contribution is 6.32. The van der Waals surface area contributed by atoms with Crippen LogP contribution in [0.15, 0.2) is 66.7 Å². The number of hydrogen-bond donors (Lipinski definition) is 1. The van der Waals surface area contributed by atoms with Gasteiger partial charge >= 0.3 is 0 Å². The molecular weight excluding hydrogens is 496 g/mol. The Labute approximate surface area is 231 Å². The molecule has 1 N–H and O–H groups in total. The SMILES string of the molecule is Cc1ccccc1CN(C(=O)COc1cc(C)c(Cl)c(C)c1)C(Cc1ccccc1)C(=O)NC1CCCC1. The monoisotopic (exact) mass is 532 g/mol. The summed E-state index contributed by atoms with van der Waals surface area (Å²) in [5, 5.41) is 3.93. The predicted octanol–water partition coefficient (Wildman–Crippen LogP) is 6.34. The van der Waals surface area contributed by atoms with Gasteiger partial charge in [-0.2, -0.15) is 0 Å². The van der Waals surface area contributed by atoms with Gasteiger partial charge < -0.3 is 15.0 Å². The summed E-state index contributed by atoms with van der Waals surface area (Å²) in [6, 6.07) is 21.0. The molecule has 0 aromatic heterocycles. The summed E-state index contributed by atoms with van der Waals surface area (Å²) in [6.45, 7) is 6.01. The van der Waals surface area contributed by atoms with Gasteiger partial charge in [-0.3, -0.25) is 9.59 Å². The van der Waals surface area contributed by atoms with Crippen molar-refractivity contribution in [2.75, 3.05) is 6.61 Å². The van der Waals surface area contributed by atoms with Gasteiger partial charge in [-0.05, 0) is 73.6 Å². The molecule has 2 amide bonds. The molecule has 0 aliphatic heterocycles. The summed E-state index contributed by atoms with van der Waals surface area (Å²) in [4.78, 5) is 29.3. The number of benzene rings is 3. The van der Waals surface area contributed by atoms with Crippen LogP contribution in [0.5, 0.6) is 5.75 Å². The van der Waals surface area contributed by atoms with Gasteiger partial charge in [0.1, 0.15) is 11.8 Å². The van der Waals surface area contributed by atoms with Crippen molar-refractivity contribution in [2.45, 2.75) is 71.5 Å². The minimum absolute atomic E-state index is 0.110. The van der Waals surface area contributed by atoms with Gasteiger partial charge in [0.2, 0.25) is 5.91 Å². The van der Waals surface area contributed by atoms with Gasteiger partial charge in [0.15, 0.2) is 6.61 Å². The van der Waals surface area contributed by atoms with Crippen LogP contribution in [-0.4, -0.2) is 35.4 Å². The van der Waals surface area contributed by atoms with E-state index in [0.29, 0.717) is 23.7 Å². The zero-order valence-electron chi connectivity index (χ0n) is 22.5. The van der Waals surface area contributed by atoms with E-state index in [1.54, 1.807) is 4.90 Å². The zero-order chi connectivity index (χ0) is 27.1. The summed E-state index contributed by atoms with van der Waals surface area (Å²) in [5.41, 5.74) is 4.87. The number of carbonyl (C=O) groups excluding carboxylic acids is 2. The molecule has 1 unspecified atom stereocenters. The fourth-order valence-corrected chi connectivity index (χ4v) is 5.22. The van der Waals surface area contributed by atoms with E-state index in [1.807, 2.05) is 87.5 Å². The topological polar surface area (TPSA) is 58.6 Å². The van der Waals surface area contributed by atoms with Crippen LogP contribution in [-0.2, 0) is 22.6 Å². The number of halogens is 1. The van der Waals surface area contributed by atoms with E-state index in [4.69, 9.17) is 16.3 Å². The lowest BCUT2D eigenvalue weighted by Crippen LogP contribution is -2.53. The first-order valence-electron chi connectivity index (χ1n) is 13.4. The molecule has 0 spiro atoms. The molecule has 0 heterocycles. The quantitative estimate of drug-likeness (QED) is 0.331. The van der Waals surface area contributed by atoms with Crippen molar-refractivity contribution in [3.63, 3.8) is 0 Å². The molecule has 0 saturated heterocycles. The highest BCUT2D eigenvalue weighted by atomic mass is 35.5. The van der Waals surface area contributed by atoms with E-state index in [2.05, 4.69) is 5.32 Å². The largest absolute Gasteiger partial charge is 0.484 e. The summed E-state index contributed by atoms with van der Waals surface area (Å²) < 4.78 is 5.97. The number of carbonyl (C=O) groups is 2. The van der Waals surface area contributed by atoms with E-state index in [-0.39, 0.29) is 24.5 Å². The van der Waals surface area contributed by atoms with Gasteiger partial charge in [0.05, 0.1) is 0 Å². The molecule has 1 fully saturated rings. The third-order valence-corrected chi connectivity index (χ3v) is 7.94. The van der Waals surface area contributed by atoms with Crippen molar-refractivity contribution in [1.82, 2.24) is 10.2 Å². The van der Waals surface area contributed by atoms with E-state index in [0.717, 1.165) is 53.5 Å². The third kappa shape index (κ3) is 7.16. The van der Waals surface area contributed by atoms with Crippen LogP contribution in [0.2, 0.25) is 5.02 Å². The normalized spacial score (nSPS) is 14.2. The maximum absolute atomic E-state index is 13.8. The number of rotatable bonds is 10. The lowest BCUT2D eigenvalue weighted by Gasteiger charge is -2.32. The average Bonchev–Trinajstić information content (AvgIpc) is 3.42. The Balaban J connectivity index is 1.63. The molecular formula is C32H37ClN2O3. The summed E-state index contributed by atoms with van der Waals surface area (Å²) >= 11 is 6.32. The first-order valence-corrected chi connectivity index (χ1v) is 13.8.